The maximum Gasteiger partial charge on any atom is 0.260 e. The molecule has 0 aliphatic rings. The molecule has 0 saturated heterocycles. The fraction of sp³-hybridized carbons (Fsp3) is 0. The average Bonchev–Trinajstić information content (AvgIpc) is 2.86. The minimum absolute atomic E-state index is 0.0123. The summed E-state index contributed by atoms with van der Waals surface area (Å²) in [5, 5.41) is 18.3. The van der Waals surface area contributed by atoms with Gasteiger partial charge in [0.1, 0.15) is 12.1 Å². The van der Waals surface area contributed by atoms with Gasteiger partial charge in [-0.2, -0.15) is 10.5 Å². The van der Waals surface area contributed by atoms with Crippen molar-refractivity contribution in [2.24, 2.45) is 0 Å². The number of nitrogens with one attached hydrogen (secondary N) is 2. The molecule has 0 saturated carbocycles. The van der Waals surface area contributed by atoms with E-state index >= 15 is 0 Å². The zero-order valence-electron chi connectivity index (χ0n) is 11.7. The van der Waals surface area contributed by atoms with Gasteiger partial charge in [0.05, 0.1) is 21.9 Å². The predicted molar refractivity (Wildman–Crippen MR) is 84.5 cm³/mol. The van der Waals surface area contributed by atoms with Crippen LogP contribution in [0.3, 0.4) is 0 Å². The SMILES string of the molecule is N#Cc1c(C#N)c2c(=O)[nH]c(=O)c1c1c3ccc(c(=O)[nH]c3=O)c21. The summed E-state index contributed by atoms with van der Waals surface area (Å²) in [6.07, 6.45) is 0. The number of nitrogens with zero attached hydrogens (tertiary/aromatic N) is 2. The fourth-order valence-electron chi connectivity index (χ4n) is 3.14. The maximum atomic E-state index is 12.4. The van der Waals surface area contributed by atoms with Crippen molar-refractivity contribution in [3.8, 4) is 12.1 Å². The molecule has 4 heterocycles. The highest BCUT2D eigenvalue weighted by Gasteiger charge is 2.24. The number of aromatic amines is 2. The van der Waals surface area contributed by atoms with Crippen LogP contribution in [-0.4, -0.2) is 9.97 Å². The second-order valence-electron chi connectivity index (χ2n) is 5.20. The smallest absolute Gasteiger partial charge is 0.260 e. The Morgan fingerprint density at radius 3 is 1.38 bits per heavy atom. The molecule has 0 fully saturated rings. The van der Waals surface area contributed by atoms with Crippen LogP contribution < -0.4 is 22.2 Å². The molecule has 0 spiro atoms. The van der Waals surface area contributed by atoms with Gasteiger partial charge >= 0.3 is 0 Å². The summed E-state index contributed by atoms with van der Waals surface area (Å²) in [6, 6.07) is 6.21. The Kier molecular flexibility index (Phi) is 2.41. The summed E-state index contributed by atoms with van der Waals surface area (Å²) in [6.45, 7) is 0. The van der Waals surface area contributed by atoms with Crippen LogP contribution >= 0.6 is 0 Å². The Bertz CT molecular complexity index is 1390. The second-order valence-corrected chi connectivity index (χ2v) is 5.20. The lowest BCUT2D eigenvalue weighted by atomic mass is 9.92. The topological polar surface area (TPSA) is 147 Å². The van der Waals surface area contributed by atoms with Crippen molar-refractivity contribution in [3.05, 3.63) is 64.7 Å². The van der Waals surface area contributed by atoms with Gasteiger partial charge in [0.2, 0.25) is 0 Å². The molecular weight excluding hydrogens is 312 g/mol. The molecule has 0 radical (unpaired) electrons. The van der Waals surface area contributed by atoms with Gasteiger partial charge in [0.15, 0.2) is 0 Å². The van der Waals surface area contributed by atoms with E-state index in [-0.39, 0.29) is 43.4 Å². The number of benzene rings is 2. The van der Waals surface area contributed by atoms with Crippen molar-refractivity contribution in [1.82, 2.24) is 9.97 Å². The molecule has 0 aliphatic heterocycles. The van der Waals surface area contributed by atoms with Crippen molar-refractivity contribution in [2.45, 2.75) is 0 Å². The monoisotopic (exact) mass is 316 g/mol. The Balaban J connectivity index is 2.77. The number of rotatable bonds is 0. The number of nitriles is 2. The quantitative estimate of drug-likeness (QED) is 0.461. The van der Waals surface area contributed by atoms with Gasteiger partial charge in [-0.1, -0.05) is 0 Å². The fourth-order valence-corrected chi connectivity index (χ4v) is 3.14. The zero-order valence-corrected chi connectivity index (χ0v) is 11.7. The first kappa shape index (κ1) is 13.6. The molecule has 4 aromatic heterocycles. The van der Waals surface area contributed by atoms with Gasteiger partial charge in [-0.25, -0.2) is 0 Å². The standard InChI is InChI=1S/C16H4N4O4/c17-3-7-8(4-18)12-10-6-2-1-5(13(21)19-14(6)22)9(10)11(7)15(23)20-16(12)24/h1-2H,(H,19,21,22)(H,20,23,24). The summed E-state index contributed by atoms with van der Waals surface area (Å²) in [5.41, 5.74) is -3.84. The van der Waals surface area contributed by atoms with Crippen molar-refractivity contribution in [1.29, 1.82) is 10.5 Å². The van der Waals surface area contributed by atoms with Gasteiger partial charge in [-0.15, -0.1) is 0 Å². The lowest BCUT2D eigenvalue weighted by Gasteiger charge is -2.05. The normalized spacial score (nSPS) is 11.1. The highest BCUT2D eigenvalue weighted by Crippen LogP contribution is 2.33. The van der Waals surface area contributed by atoms with E-state index in [4.69, 9.17) is 0 Å². The maximum absolute atomic E-state index is 12.4. The van der Waals surface area contributed by atoms with E-state index in [2.05, 4.69) is 9.97 Å². The number of H-pyrrole nitrogens is 2. The van der Waals surface area contributed by atoms with E-state index < -0.39 is 22.2 Å². The van der Waals surface area contributed by atoms with Crippen LogP contribution in [-0.2, 0) is 0 Å². The molecule has 0 amide bonds. The average molecular weight is 316 g/mol. The highest BCUT2D eigenvalue weighted by atomic mass is 16.2. The van der Waals surface area contributed by atoms with Crippen molar-refractivity contribution >= 4 is 32.3 Å². The molecule has 2 N–H and O–H groups in total. The van der Waals surface area contributed by atoms with Crippen molar-refractivity contribution < 1.29 is 0 Å². The molecule has 24 heavy (non-hydrogen) atoms. The number of fused-ring (bicyclic) bond motifs is 6. The highest BCUT2D eigenvalue weighted by molar-refractivity contribution is 6.24. The Morgan fingerprint density at radius 2 is 1.00 bits per heavy atom. The molecule has 8 nitrogen and oxygen atoms in total. The van der Waals surface area contributed by atoms with Crippen LogP contribution in [0.2, 0.25) is 0 Å². The molecule has 8 heteroatoms. The number of aromatic nitrogens is 2. The zero-order chi connectivity index (χ0) is 17.2. The largest absolute Gasteiger partial charge is 0.288 e. The molecule has 2 aromatic carbocycles. The Morgan fingerprint density at radius 1 is 0.625 bits per heavy atom. The van der Waals surface area contributed by atoms with Crippen LogP contribution in [0.1, 0.15) is 11.1 Å². The molecule has 0 aliphatic carbocycles. The van der Waals surface area contributed by atoms with Gasteiger partial charge in [-0.05, 0) is 12.1 Å². The van der Waals surface area contributed by atoms with Gasteiger partial charge in [0, 0.05) is 21.5 Å². The van der Waals surface area contributed by atoms with Crippen LogP contribution in [0, 0.1) is 22.7 Å². The third kappa shape index (κ3) is 1.39. The summed E-state index contributed by atoms with van der Waals surface area (Å²) in [5.74, 6) is 0. The Hall–Kier alpha value is -4.04. The van der Waals surface area contributed by atoms with E-state index in [0.29, 0.717) is 0 Å². The minimum Gasteiger partial charge on any atom is -0.288 e. The third-order valence-corrected chi connectivity index (χ3v) is 4.08. The first-order valence-corrected chi connectivity index (χ1v) is 6.67. The van der Waals surface area contributed by atoms with Gasteiger partial charge in [-0.3, -0.25) is 29.1 Å². The Labute approximate surface area is 130 Å². The number of hydrogen-bond donors (Lipinski definition) is 2. The van der Waals surface area contributed by atoms with Gasteiger partial charge in [0.25, 0.3) is 22.2 Å². The van der Waals surface area contributed by atoms with Crippen LogP contribution in [0.25, 0.3) is 32.3 Å². The van der Waals surface area contributed by atoms with E-state index in [1.807, 2.05) is 0 Å². The number of hydrogen-bond acceptors (Lipinski definition) is 6. The molecule has 0 unspecified atom stereocenters. The van der Waals surface area contributed by atoms with Crippen LogP contribution in [0.5, 0.6) is 0 Å². The third-order valence-electron chi connectivity index (χ3n) is 4.08. The van der Waals surface area contributed by atoms with Gasteiger partial charge < -0.3 is 0 Å². The molecule has 0 atom stereocenters. The van der Waals surface area contributed by atoms with Crippen molar-refractivity contribution in [2.75, 3.05) is 0 Å². The minimum atomic E-state index is -0.890. The molecular formula is C16H4N4O4. The lowest BCUT2D eigenvalue weighted by Crippen LogP contribution is -2.14. The van der Waals surface area contributed by atoms with E-state index in [1.165, 1.54) is 12.1 Å². The van der Waals surface area contributed by atoms with Crippen molar-refractivity contribution in [3.63, 3.8) is 0 Å². The predicted octanol–water partition coefficient (Wildman–Crippen LogP) is -0.138. The van der Waals surface area contributed by atoms with E-state index in [1.54, 1.807) is 12.1 Å². The summed E-state index contributed by atoms with van der Waals surface area (Å²) in [4.78, 5) is 53.3. The van der Waals surface area contributed by atoms with E-state index in [9.17, 15) is 29.7 Å². The first-order chi connectivity index (χ1) is 11.5. The van der Waals surface area contributed by atoms with E-state index in [0.717, 1.165) is 0 Å². The lowest BCUT2D eigenvalue weighted by molar-refractivity contribution is 1.23. The molecule has 4 bridgehead atoms. The van der Waals surface area contributed by atoms with Crippen LogP contribution in [0.4, 0.5) is 0 Å². The second kappa shape index (κ2) is 4.24. The summed E-state index contributed by atoms with van der Waals surface area (Å²) in [7, 11) is 0. The summed E-state index contributed by atoms with van der Waals surface area (Å²) < 4.78 is 0. The molecule has 6 rings (SSSR count). The molecule has 112 valence electrons. The summed E-state index contributed by atoms with van der Waals surface area (Å²) >= 11 is 0. The molecule has 6 aromatic rings. The van der Waals surface area contributed by atoms with Crippen LogP contribution in [0.15, 0.2) is 31.3 Å². The first-order valence-electron chi connectivity index (χ1n) is 6.67.